The summed E-state index contributed by atoms with van der Waals surface area (Å²) in [5, 5.41) is 17.9. The SMILES string of the molecule is CCC(C)C(NC(=O)C(N)Cc1c[nH]c2ccccc12)C(=O)NC(Cc1cnc[nH]1)C(=O)NC(CC(N)=O)C(=O)O. The number of aromatic nitrogens is 3. The summed E-state index contributed by atoms with van der Waals surface area (Å²) in [6, 6.07) is 2.76. The molecule has 3 rings (SSSR count). The van der Waals surface area contributed by atoms with Crippen molar-refractivity contribution < 1.29 is 29.1 Å². The number of imidazole rings is 1. The number of aliphatic carboxylic acids is 1. The van der Waals surface area contributed by atoms with E-state index in [0.29, 0.717) is 12.1 Å². The molecule has 0 aliphatic rings. The molecule has 0 aliphatic carbocycles. The van der Waals surface area contributed by atoms with Crippen LogP contribution in [0.2, 0.25) is 0 Å². The highest BCUT2D eigenvalue weighted by atomic mass is 16.4. The van der Waals surface area contributed by atoms with Gasteiger partial charge in [0.05, 0.1) is 18.8 Å². The molecule has 2 aromatic heterocycles. The van der Waals surface area contributed by atoms with Crippen LogP contribution in [-0.2, 0) is 36.8 Å². The zero-order chi connectivity index (χ0) is 30.1. The molecule has 3 aromatic rings. The monoisotopic (exact) mass is 568 g/mol. The van der Waals surface area contributed by atoms with Crippen LogP contribution in [0.5, 0.6) is 0 Å². The minimum absolute atomic E-state index is 0.0677. The molecule has 14 heteroatoms. The average molecular weight is 569 g/mol. The Hall–Kier alpha value is -4.72. The Labute approximate surface area is 236 Å². The van der Waals surface area contributed by atoms with Crippen molar-refractivity contribution >= 4 is 40.5 Å². The number of hydrogen-bond acceptors (Lipinski definition) is 7. The third-order valence-corrected chi connectivity index (χ3v) is 6.88. The number of carboxylic acids is 1. The Morgan fingerprint density at radius 3 is 2.32 bits per heavy atom. The van der Waals surface area contributed by atoms with E-state index in [9.17, 15) is 29.1 Å². The van der Waals surface area contributed by atoms with Gasteiger partial charge < -0.3 is 42.5 Å². The van der Waals surface area contributed by atoms with E-state index in [4.69, 9.17) is 11.5 Å². The summed E-state index contributed by atoms with van der Waals surface area (Å²) < 4.78 is 0. The number of carbonyl (C=O) groups is 5. The van der Waals surface area contributed by atoms with Crippen LogP contribution in [0, 0.1) is 5.92 Å². The van der Waals surface area contributed by atoms with Crippen LogP contribution in [-0.4, -0.2) is 73.8 Å². The number of rotatable bonds is 15. The first kappa shape index (κ1) is 30.8. The molecular formula is C27H36N8O6. The topological polar surface area (TPSA) is 238 Å². The Morgan fingerprint density at radius 1 is 0.976 bits per heavy atom. The fourth-order valence-electron chi connectivity index (χ4n) is 4.35. The van der Waals surface area contributed by atoms with Crippen molar-refractivity contribution in [3.8, 4) is 0 Å². The van der Waals surface area contributed by atoms with Gasteiger partial charge in [-0.3, -0.25) is 19.2 Å². The summed E-state index contributed by atoms with van der Waals surface area (Å²) in [5.41, 5.74) is 13.6. The maximum absolute atomic E-state index is 13.5. The van der Waals surface area contributed by atoms with Crippen molar-refractivity contribution in [1.29, 1.82) is 0 Å². The van der Waals surface area contributed by atoms with Crippen LogP contribution in [0.15, 0.2) is 43.0 Å². The van der Waals surface area contributed by atoms with Gasteiger partial charge in [0.25, 0.3) is 0 Å². The van der Waals surface area contributed by atoms with Crippen molar-refractivity contribution in [1.82, 2.24) is 30.9 Å². The van der Waals surface area contributed by atoms with E-state index in [1.165, 1.54) is 12.5 Å². The summed E-state index contributed by atoms with van der Waals surface area (Å²) in [6.45, 7) is 3.62. The highest BCUT2D eigenvalue weighted by molar-refractivity contribution is 5.95. The van der Waals surface area contributed by atoms with Gasteiger partial charge in [-0.1, -0.05) is 38.5 Å². The molecule has 0 bridgehead atoms. The first-order valence-corrected chi connectivity index (χ1v) is 13.2. The lowest BCUT2D eigenvalue weighted by atomic mass is 9.96. The maximum atomic E-state index is 13.5. The Balaban J connectivity index is 1.75. The molecule has 2 heterocycles. The van der Waals surface area contributed by atoms with Crippen molar-refractivity contribution in [3.05, 3.63) is 54.2 Å². The van der Waals surface area contributed by atoms with E-state index in [1.54, 1.807) is 13.1 Å². The van der Waals surface area contributed by atoms with Gasteiger partial charge in [-0.25, -0.2) is 9.78 Å². The fourth-order valence-corrected chi connectivity index (χ4v) is 4.35. The Kier molecular flexibility index (Phi) is 10.6. The van der Waals surface area contributed by atoms with Crippen molar-refractivity contribution in [2.24, 2.45) is 17.4 Å². The van der Waals surface area contributed by atoms with Gasteiger partial charge in [-0.05, 0) is 24.0 Å². The molecule has 1 aromatic carbocycles. The van der Waals surface area contributed by atoms with E-state index < -0.39 is 60.2 Å². The van der Waals surface area contributed by atoms with Crippen molar-refractivity contribution in [2.45, 2.75) is 63.7 Å². The highest BCUT2D eigenvalue weighted by Gasteiger charge is 2.33. The van der Waals surface area contributed by atoms with Crippen LogP contribution in [0.25, 0.3) is 10.9 Å². The van der Waals surface area contributed by atoms with E-state index in [2.05, 4.69) is 30.9 Å². The molecule has 220 valence electrons. The molecule has 41 heavy (non-hydrogen) atoms. The van der Waals surface area contributed by atoms with Gasteiger partial charge in [-0.2, -0.15) is 0 Å². The smallest absolute Gasteiger partial charge is 0.326 e. The molecule has 0 aliphatic heterocycles. The second-order valence-electron chi connectivity index (χ2n) is 9.95. The molecule has 10 N–H and O–H groups in total. The maximum Gasteiger partial charge on any atom is 0.326 e. The number of aromatic amines is 2. The van der Waals surface area contributed by atoms with Crippen LogP contribution in [0.3, 0.4) is 0 Å². The lowest BCUT2D eigenvalue weighted by molar-refractivity contribution is -0.143. The number of fused-ring (bicyclic) bond motifs is 1. The Morgan fingerprint density at radius 2 is 1.68 bits per heavy atom. The quantitative estimate of drug-likeness (QED) is 0.118. The minimum atomic E-state index is -1.59. The number of primary amides is 1. The van der Waals surface area contributed by atoms with E-state index >= 15 is 0 Å². The number of carboxylic acid groups (broad SMARTS) is 1. The fraction of sp³-hybridized carbons (Fsp3) is 0.407. The summed E-state index contributed by atoms with van der Waals surface area (Å²) in [4.78, 5) is 72.4. The number of nitrogens with zero attached hydrogens (tertiary/aromatic N) is 1. The number of H-pyrrole nitrogens is 2. The Bertz CT molecular complexity index is 1370. The minimum Gasteiger partial charge on any atom is -0.480 e. The summed E-state index contributed by atoms with van der Waals surface area (Å²) in [6.07, 6.45) is 4.67. The van der Waals surface area contributed by atoms with Crippen LogP contribution in [0.1, 0.15) is 37.9 Å². The number of amides is 4. The van der Waals surface area contributed by atoms with Crippen LogP contribution < -0.4 is 27.4 Å². The molecule has 0 radical (unpaired) electrons. The molecule has 0 fully saturated rings. The second-order valence-corrected chi connectivity index (χ2v) is 9.95. The molecule has 4 amide bonds. The normalized spacial score (nSPS) is 14.8. The van der Waals surface area contributed by atoms with Gasteiger partial charge >= 0.3 is 5.97 Å². The van der Waals surface area contributed by atoms with E-state index in [1.807, 2.05) is 31.2 Å². The average Bonchev–Trinajstić information content (AvgIpc) is 3.60. The number of hydrogen-bond donors (Lipinski definition) is 8. The number of nitrogens with two attached hydrogens (primary N) is 2. The molecule has 0 saturated carbocycles. The number of para-hydroxylation sites is 1. The summed E-state index contributed by atoms with van der Waals surface area (Å²) in [5.74, 6) is -4.78. The summed E-state index contributed by atoms with van der Waals surface area (Å²) >= 11 is 0. The van der Waals surface area contributed by atoms with E-state index in [0.717, 1.165) is 16.5 Å². The van der Waals surface area contributed by atoms with Crippen molar-refractivity contribution in [3.63, 3.8) is 0 Å². The van der Waals surface area contributed by atoms with Gasteiger partial charge in [-0.15, -0.1) is 0 Å². The highest BCUT2D eigenvalue weighted by Crippen LogP contribution is 2.19. The van der Waals surface area contributed by atoms with Gasteiger partial charge in [0.15, 0.2) is 0 Å². The van der Waals surface area contributed by atoms with Crippen molar-refractivity contribution in [2.75, 3.05) is 0 Å². The first-order valence-electron chi connectivity index (χ1n) is 13.2. The largest absolute Gasteiger partial charge is 0.480 e. The van der Waals surface area contributed by atoms with E-state index in [-0.39, 0.29) is 18.8 Å². The van der Waals surface area contributed by atoms with Gasteiger partial charge in [0.1, 0.15) is 18.1 Å². The molecule has 5 atom stereocenters. The number of nitrogens with one attached hydrogen (secondary N) is 5. The third-order valence-electron chi connectivity index (χ3n) is 6.88. The number of carbonyl (C=O) groups excluding carboxylic acids is 4. The summed E-state index contributed by atoms with van der Waals surface area (Å²) in [7, 11) is 0. The lowest BCUT2D eigenvalue weighted by Crippen LogP contribution is -2.59. The molecule has 14 nitrogen and oxygen atoms in total. The number of benzene rings is 1. The lowest BCUT2D eigenvalue weighted by Gasteiger charge is -2.28. The van der Waals surface area contributed by atoms with Crippen LogP contribution in [0.4, 0.5) is 0 Å². The molecule has 0 saturated heterocycles. The molecular weight excluding hydrogens is 532 g/mol. The zero-order valence-corrected chi connectivity index (χ0v) is 22.8. The second kappa shape index (κ2) is 14.1. The van der Waals surface area contributed by atoms with Gasteiger partial charge in [0, 0.05) is 35.4 Å². The third kappa shape index (κ3) is 8.38. The standard InChI is InChI=1S/C27H36N8O6/c1-3-14(2)23(35-24(37)18(28)8-15-11-31-19-7-5-4-6-17(15)19)26(39)33-20(9-16-12-30-13-32-16)25(38)34-21(27(40)41)10-22(29)36/h4-7,11-14,18,20-21,23,31H,3,8-10,28H2,1-2H3,(H2,29,36)(H,30,32)(H,33,39)(H,34,38)(H,35,37)(H,40,41). The van der Waals surface area contributed by atoms with Gasteiger partial charge in [0.2, 0.25) is 23.6 Å². The predicted molar refractivity (Wildman–Crippen MR) is 149 cm³/mol. The zero-order valence-electron chi connectivity index (χ0n) is 22.8. The molecule has 5 unspecified atom stereocenters. The first-order chi connectivity index (χ1) is 19.5. The predicted octanol–water partition coefficient (Wildman–Crippen LogP) is -0.536. The molecule has 0 spiro atoms. The van der Waals surface area contributed by atoms with Crippen LogP contribution >= 0.6 is 0 Å².